The molecule has 104 valence electrons. The van der Waals surface area contributed by atoms with E-state index >= 15 is 0 Å². The van der Waals surface area contributed by atoms with E-state index in [1.54, 1.807) is 12.1 Å². The largest absolute Gasteiger partial charge is 0.378 e. The highest BCUT2D eigenvalue weighted by molar-refractivity contribution is 5.95. The zero-order valence-corrected chi connectivity index (χ0v) is 11.2. The van der Waals surface area contributed by atoms with Crippen LogP contribution < -0.4 is 16.0 Å². The lowest BCUT2D eigenvalue weighted by atomic mass is 10.1. The van der Waals surface area contributed by atoms with Crippen LogP contribution in [0.4, 0.5) is 11.4 Å². The molecule has 1 amide bonds. The summed E-state index contributed by atoms with van der Waals surface area (Å²) in [5.74, 6) is -0.349. The molecule has 0 aromatic heterocycles. The molecule has 1 atom stereocenters. The zero-order valence-electron chi connectivity index (χ0n) is 11.2. The van der Waals surface area contributed by atoms with E-state index in [4.69, 9.17) is 0 Å². The van der Waals surface area contributed by atoms with E-state index in [0.29, 0.717) is 12.2 Å². The van der Waals surface area contributed by atoms with Crippen molar-refractivity contribution in [3.05, 3.63) is 33.9 Å². The number of nitro benzene ring substituents is 1. The third-order valence-electron chi connectivity index (χ3n) is 2.78. The van der Waals surface area contributed by atoms with Crippen LogP contribution in [-0.4, -0.2) is 37.5 Å². The molecule has 0 aliphatic carbocycles. The number of rotatable bonds is 6. The molecule has 0 heterocycles. The van der Waals surface area contributed by atoms with Crippen LogP contribution in [0.15, 0.2) is 18.2 Å². The minimum atomic E-state index is -0.501. The molecule has 0 aliphatic heterocycles. The third-order valence-corrected chi connectivity index (χ3v) is 2.78. The molecule has 7 heteroatoms. The highest BCUT2D eigenvalue weighted by Crippen LogP contribution is 2.25. The van der Waals surface area contributed by atoms with Crippen LogP contribution in [0.3, 0.4) is 0 Å². The number of benzene rings is 1. The summed E-state index contributed by atoms with van der Waals surface area (Å²) in [6.45, 7) is 2.51. The van der Waals surface area contributed by atoms with Gasteiger partial charge in [-0.25, -0.2) is 0 Å². The van der Waals surface area contributed by atoms with Crippen molar-refractivity contribution < 1.29 is 9.72 Å². The summed E-state index contributed by atoms with van der Waals surface area (Å²) in [5.41, 5.74) is 0.561. The first-order valence-electron chi connectivity index (χ1n) is 5.91. The fourth-order valence-corrected chi connectivity index (χ4v) is 1.48. The van der Waals surface area contributed by atoms with E-state index in [0.717, 1.165) is 0 Å². The number of likely N-dealkylation sites (N-methyl/N-ethyl adjacent to an activating group) is 1. The number of nitrogens with one attached hydrogen (secondary N) is 3. The van der Waals surface area contributed by atoms with Gasteiger partial charge in [0.25, 0.3) is 11.6 Å². The van der Waals surface area contributed by atoms with Gasteiger partial charge in [0.05, 0.1) is 4.92 Å². The topological polar surface area (TPSA) is 96.3 Å². The summed E-state index contributed by atoms with van der Waals surface area (Å²) in [6.07, 6.45) is 0. The van der Waals surface area contributed by atoms with Gasteiger partial charge in [0.1, 0.15) is 5.69 Å². The SMILES string of the molecule is CNC(=O)c1ccc(NCC(C)NC)c([N+](=O)[O-])c1. The van der Waals surface area contributed by atoms with Gasteiger partial charge >= 0.3 is 0 Å². The summed E-state index contributed by atoms with van der Waals surface area (Å²) < 4.78 is 0. The predicted octanol–water partition coefficient (Wildman–Crippen LogP) is 0.974. The van der Waals surface area contributed by atoms with E-state index in [-0.39, 0.29) is 23.2 Å². The number of carbonyl (C=O) groups excluding carboxylic acids is 1. The molecule has 0 fully saturated rings. The average Bonchev–Trinajstić information content (AvgIpc) is 2.43. The summed E-state index contributed by atoms with van der Waals surface area (Å²) in [4.78, 5) is 22.0. The Morgan fingerprint density at radius 3 is 2.63 bits per heavy atom. The molecule has 3 N–H and O–H groups in total. The lowest BCUT2D eigenvalue weighted by Crippen LogP contribution is -2.29. The lowest BCUT2D eigenvalue weighted by Gasteiger charge is -2.13. The van der Waals surface area contributed by atoms with E-state index in [1.807, 2.05) is 14.0 Å². The van der Waals surface area contributed by atoms with Crippen molar-refractivity contribution in [2.24, 2.45) is 0 Å². The summed E-state index contributed by atoms with van der Waals surface area (Å²) in [7, 11) is 3.30. The van der Waals surface area contributed by atoms with Gasteiger partial charge in [0.2, 0.25) is 0 Å². The quantitative estimate of drug-likeness (QED) is 0.526. The Hall–Kier alpha value is -2.15. The summed E-state index contributed by atoms with van der Waals surface area (Å²) >= 11 is 0. The second kappa shape index (κ2) is 6.69. The van der Waals surface area contributed by atoms with Crippen LogP contribution in [0.5, 0.6) is 0 Å². The van der Waals surface area contributed by atoms with Crippen molar-refractivity contribution in [3.63, 3.8) is 0 Å². The van der Waals surface area contributed by atoms with E-state index in [2.05, 4.69) is 16.0 Å². The molecule has 19 heavy (non-hydrogen) atoms. The first-order chi connectivity index (χ1) is 8.99. The molecule has 0 saturated carbocycles. The Kier molecular flexibility index (Phi) is 5.25. The number of hydrogen-bond donors (Lipinski definition) is 3. The Balaban J connectivity index is 2.98. The fraction of sp³-hybridized carbons (Fsp3) is 0.417. The van der Waals surface area contributed by atoms with Gasteiger partial charge in [-0.1, -0.05) is 0 Å². The molecule has 1 unspecified atom stereocenters. The number of carbonyl (C=O) groups is 1. The van der Waals surface area contributed by atoms with Crippen molar-refractivity contribution >= 4 is 17.3 Å². The maximum absolute atomic E-state index is 11.4. The molecular weight excluding hydrogens is 248 g/mol. The van der Waals surface area contributed by atoms with Gasteiger partial charge in [-0.2, -0.15) is 0 Å². The molecule has 0 bridgehead atoms. The molecule has 1 aromatic carbocycles. The Morgan fingerprint density at radius 2 is 2.11 bits per heavy atom. The fourth-order valence-electron chi connectivity index (χ4n) is 1.48. The number of anilines is 1. The van der Waals surface area contributed by atoms with Crippen LogP contribution in [0.2, 0.25) is 0 Å². The lowest BCUT2D eigenvalue weighted by molar-refractivity contribution is -0.384. The minimum Gasteiger partial charge on any atom is -0.378 e. The number of amides is 1. The van der Waals surface area contributed by atoms with Gasteiger partial charge in [0.15, 0.2) is 0 Å². The van der Waals surface area contributed by atoms with Crippen LogP contribution in [-0.2, 0) is 0 Å². The van der Waals surface area contributed by atoms with Crippen LogP contribution in [0.1, 0.15) is 17.3 Å². The highest BCUT2D eigenvalue weighted by Gasteiger charge is 2.17. The third kappa shape index (κ3) is 3.92. The second-order valence-corrected chi connectivity index (χ2v) is 4.14. The minimum absolute atomic E-state index is 0.107. The molecular formula is C12H18N4O3. The number of nitrogens with zero attached hydrogens (tertiary/aromatic N) is 1. The van der Waals surface area contributed by atoms with Crippen LogP contribution >= 0.6 is 0 Å². The Labute approximate surface area is 111 Å². The normalized spacial score (nSPS) is 11.7. The van der Waals surface area contributed by atoms with Gasteiger partial charge < -0.3 is 16.0 Å². The van der Waals surface area contributed by atoms with E-state index in [1.165, 1.54) is 13.1 Å². The van der Waals surface area contributed by atoms with Crippen molar-refractivity contribution in [3.8, 4) is 0 Å². The smallest absolute Gasteiger partial charge is 0.293 e. The Morgan fingerprint density at radius 1 is 1.42 bits per heavy atom. The molecule has 0 aliphatic rings. The standard InChI is InChI=1S/C12H18N4O3/c1-8(13-2)7-15-10-5-4-9(12(17)14-3)6-11(10)16(18)19/h4-6,8,13,15H,7H2,1-3H3,(H,14,17). The maximum atomic E-state index is 11.4. The molecule has 7 nitrogen and oxygen atoms in total. The summed E-state index contributed by atoms with van der Waals surface area (Å²) in [5, 5.41) is 19.5. The van der Waals surface area contributed by atoms with Crippen molar-refractivity contribution in [1.29, 1.82) is 0 Å². The monoisotopic (exact) mass is 266 g/mol. The highest BCUT2D eigenvalue weighted by atomic mass is 16.6. The van der Waals surface area contributed by atoms with Gasteiger partial charge in [0, 0.05) is 31.3 Å². The number of nitro groups is 1. The van der Waals surface area contributed by atoms with Gasteiger partial charge in [-0.05, 0) is 26.1 Å². The average molecular weight is 266 g/mol. The second-order valence-electron chi connectivity index (χ2n) is 4.14. The maximum Gasteiger partial charge on any atom is 0.293 e. The van der Waals surface area contributed by atoms with Crippen molar-refractivity contribution in [1.82, 2.24) is 10.6 Å². The molecule has 1 aromatic rings. The van der Waals surface area contributed by atoms with Crippen LogP contribution in [0, 0.1) is 10.1 Å². The molecule has 0 saturated heterocycles. The molecule has 0 radical (unpaired) electrons. The van der Waals surface area contributed by atoms with Crippen molar-refractivity contribution in [2.75, 3.05) is 26.0 Å². The van der Waals surface area contributed by atoms with Gasteiger partial charge in [-0.15, -0.1) is 0 Å². The first-order valence-corrected chi connectivity index (χ1v) is 5.91. The number of hydrogen-bond acceptors (Lipinski definition) is 5. The Bertz CT molecular complexity index is 476. The summed E-state index contributed by atoms with van der Waals surface area (Å²) in [6, 6.07) is 4.55. The van der Waals surface area contributed by atoms with E-state index in [9.17, 15) is 14.9 Å². The van der Waals surface area contributed by atoms with Gasteiger partial charge in [-0.3, -0.25) is 14.9 Å². The first kappa shape index (κ1) is 14.9. The molecule has 0 spiro atoms. The molecule has 1 rings (SSSR count). The van der Waals surface area contributed by atoms with Crippen LogP contribution in [0.25, 0.3) is 0 Å². The van der Waals surface area contributed by atoms with Crippen molar-refractivity contribution in [2.45, 2.75) is 13.0 Å². The zero-order chi connectivity index (χ0) is 14.4. The van der Waals surface area contributed by atoms with E-state index < -0.39 is 4.92 Å². The predicted molar refractivity (Wildman–Crippen MR) is 73.5 cm³/mol.